The summed E-state index contributed by atoms with van der Waals surface area (Å²) in [6.45, 7) is 9.97. The van der Waals surface area contributed by atoms with Gasteiger partial charge in [0.15, 0.2) is 0 Å². The Labute approximate surface area is 86.1 Å². The molecule has 1 aliphatic carbocycles. The molecule has 0 saturated carbocycles. The Kier molecular flexibility index (Phi) is 3.00. The van der Waals surface area contributed by atoms with Crippen molar-refractivity contribution in [2.24, 2.45) is 5.41 Å². The Morgan fingerprint density at radius 3 is 2.71 bits per heavy atom. The first kappa shape index (κ1) is 10.8. The van der Waals surface area contributed by atoms with Crippen LogP contribution < -0.4 is 0 Å². The Hall–Kier alpha value is -1.24. The molecule has 0 saturated heterocycles. The van der Waals surface area contributed by atoms with Gasteiger partial charge < -0.3 is 5.11 Å². The van der Waals surface area contributed by atoms with Crippen LogP contribution in [0, 0.1) is 5.41 Å². The molecule has 76 valence electrons. The van der Waals surface area contributed by atoms with Crippen molar-refractivity contribution in [3.05, 3.63) is 47.8 Å². The van der Waals surface area contributed by atoms with Gasteiger partial charge in [-0.2, -0.15) is 0 Å². The minimum absolute atomic E-state index is 0.107. The summed E-state index contributed by atoms with van der Waals surface area (Å²) >= 11 is 0. The van der Waals surface area contributed by atoms with Crippen LogP contribution in [-0.4, -0.2) is 5.11 Å². The van der Waals surface area contributed by atoms with Crippen molar-refractivity contribution in [3.8, 4) is 0 Å². The van der Waals surface area contributed by atoms with E-state index < -0.39 is 0 Å². The summed E-state index contributed by atoms with van der Waals surface area (Å²) in [5.41, 5.74) is 2.27. The van der Waals surface area contributed by atoms with E-state index in [9.17, 15) is 5.11 Å². The van der Waals surface area contributed by atoms with Crippen LogP contribution >= 0.6 is 0 Å². The number of allylic oxidation sites excluding steroid dienone is 6. The smallest absolute Gasteiger partial charge is 0.114 e. The average Bonchev–Trinajstić information content (AvgIpc) is 2.12. The molecule has 0 radical (unpaired) electrons. The average molecular weight is 190 g/mol. The van der Waals surface area contributed by atoms with Crippen LogP contribution in [0.4, 0.5) is 0 Å². The van der Waals surface area contributed by atoms with E-state index >= 15 is 0 Å². The van der Waals surface area contributed by atoms with E-state index in [2.05, 4.69) is 20.4 Å². The maximum absolute atomic E-state index is 9.62. The molecule has 1 N–H and O–H groups in total. The van der Waals surface area contributed by atoms with Crippen LogP contribution in [0.25, 0.3) is 0 Å². The normalized spacial score (nSPS) is 21.2. The predicted molar refractivity (Wildman–Crippen MR) is 61.1 cm³/mol. The molecule has 1 aliphatic rings. The molecule has 14 heavy (non-hydrogen) atoms. The molecule has 0 aromatic heterocycles. The van der Waals surface area contributed by atoms with Gasteiger partial charge in [-0.25, -0.2) is 0 Å². The molecule has 1 heteroatoms. The highest BCUT2D eigenvalue weighted by Gasteiger charge is 2.26. The SMILES string of the molecule is C=C/C=C/C1=C(C)C(O)=CCC1(C)C. The molecule has 0 amide bonds. The number of aliphatic hydroxyl groups is 1. The van der Waals surface area contributed by atoms with E-state index in [0.717, 1.165) is 12.0 Å². The number of aliphatic hydroxyl groups excluding tert-OH is 1. The summed E-state index contributed by atoms with van der Waals surface area (Å²) in [5.74, 6) is 0.410. The molecule has 0 unspecified atom stereocenters. The second kappa shape index (κ2) is 3.87. The highest BCUT2D eigenvalue weighted by atomic mass is 16.3. The zero-order valence-corrected chi connectivity index (χ0v) is 9.17. The van der Waals surface area contributed by atoms with E-state index in [-0.39, 0.29) is 5.41 Å². The van der Waals surface area contributed by atoms with Crippen molar-refractivity contribution >= 4 is 0 Å². The summed E-state index contributed by atoms with van der Waals surface area (Å²) < 4.78 is 0. The van der Waals surface area contributed by atoms with Crippen molar-refractivity contribution in [1.82, 2.24) is 0 Å². The van der Waals surface area contributed by atoms with Gasteiger partial charge >= 0.3 is 0 Å². The maximum Gasteiger partial charge on any atom is 0.114 e. The van der Waals surface area contributed by atoms with Crippen LogP contribution in [0.3, 0.4) is 0 Å². The van der Waals surface area contributed by atoms with Gasteiger partial charge in [0, 0.05) is 0 Å². The van der Waals surface area contributed by atoms with Gasteiger partial charge in [0.2, 0.25) is 0 Å². The zero-order valence-electron chi connectivity index (χ0n) is 9.17. The highest BCUT2D eigenvalue weighted by Crippen LogP contribution is 2.39. The minimum atomic E-state index is 0.107. The van der Waals surface area contributed by atoms with Crippen molar-refractivity contribution in [2.45, 2.75) is 27.2 Å². The molecule has 0 bridgehead atoms. The van der Waals surface area contributed by atoms with Gasteiger partial charge in [-0.3, -0.25) is 0 Å². The first-order valence-electron chi connectivity index (χ1n) is 4.89. The summed E-state index contributed by atoms with van der Waals surface area (Å²) in [5, 5.41) is 9.62. The molecule has 0 aromatic rings. The summed E-state index contributed by atoms with van der Waals surface area (Å²) in [6.07, 6.45) is 8.48. The lowest BCUT2D eigenvalue weighted by Gasteiger charge is -2.30. The molecule has 0 atom stereocenters. The Morgan fingerprint density at radius 2 is 2.14 bits per heavy atom. The van der Waals surface area contributed by atoms with E-state index in [0.29, 0.717) is 5.76 Å². The summed E-state index contributed by atoms with van der Waals surface area (Å²) in [6, 6.07) is 0. The third-order valence-corrected chi connectivity index (χ3v) is 2.72. The third kappa shape index (κ3) is 1.98. The summed E-state index contributed by atoms with van der Waals surface area (Å²) in [4.78, 5) is 0. The first-order valence-corrected chi connectivity index (χ1v) is 4.89. The van der Waals surface area contributed by atoms with Crippen molar-refractivity contribution in [3.63, 3.8) is 0 Å². The zero-order chi connectivity index (χ0) is 10.8. The van der Waals surface area contributed by atoms with E-state index in [1.54, 1.807) is 6.08 Å². The Bertz CT molecular complexity index is 327. The van der Waals surface area contributed by atoms with Gasteiger partial charge in [-0.15, -0.1) is 0 Å². The lowest BCUT2D eigenvalue weighted by atomic mass is 9.75. The van der Waals surface area contributed by atoms with Crippen LogP contribution in [0.5, 0.6) is 0 Å². The standard InChI is InChI=1S/C13H18O/c1-5-6-7-11-10(2)12(14)8-9-13(11,3)4/h5-8,14H,1,9H2,2-4H3/b7-6+. The van der Waals surface area contributed by atoms with Crippen molar-refractivity contribution in [1.29, 1.82) is 0 Å². The van der Waals surface area contributed by atoms with Gasteiger partial charge in [-0.1, -0.05) is 38.7 Å². The quantitative estimate of drug-likeness (QED) is 0.654. The molecule has 0 fully saturated rings. The van der Waals surface area contributed by atoms with Gasteiger partial charge in [0.05, 0.1) is 0 Å². The van der Waals surface area contributed by atoms with Crippen molar-refractivity contribution < 1.29 is 5.11 Å². The Balaban J connectivity index is 3.15. The largest absolute Gasteiger partial charge is 0.508 e. The molecule has 1 nitrogen and oxygen atoms in total. The minimum Gasteiger partial charge on any atom is -0.508 e. The number of hydrogen-bond acceptors (Lipinski definition) is 1. The first-order chi connectivity index (χ1) is 6.49. The third-order valence-electron chi connectivity index (χ3n) is 2.72. The summed E-state index contributed by atoms with van der Waals surface area (Å²) in [7, 11) is 0. The van der Waals surface area contributed by atoms with E-state index in [4.69, 9.17) is 0 Å². The second-order valence-corrected chi connectivity index (χ2v) is 4.31. The molecule has 0 aliphatic heterocycles. The fourth-order valence-electron chi connectivity index (χ4n) is 1.78. The highest BCUT2D eigenvalue weighted by molar-refractivity contribution is 5.43. The lowest BCUT2D eigenvalue weighted by molar-refractivity contribution is 0.380. The fourth-order valence-corrected chi connectivity index (χ4v) is 1.78. The van der Waals surface area contributed by atoms with E-state index in [1.165, 1.54) is 5.57 Å². The van der Waals surface area contributed by atoms with Crippen LogP contribution in [0.1, 0.15) is 27.2 Å². The number of rotatable bonds is 2. The molecular formula is C13H18O. The predicted octanol–water partition coefficient (Wildman–Crippen LogP) is 3.92. The van der Waals surface area contributed by atoms with Gasteiger partial charge in [0.1, 0.15) is 5.76 Å². The second-order valence-electron chi connectivity index (χ2n) is 4.31. The van der Waals surface area contributed by atoms with Gasteiger partial charge in [-0.05, 0) is 36.0 Å². The molecular weight excluding hydrogens is 172 g/mol. The maximum atomic E-state index is 9.62. The topological polar surface area (TPSA) is 20.2 Å². The monoisotopic (exact) mass is 190 g/mol. The van der Waals surface area contributed by atoms with Crippen LogP contribution in [0.15, 0.2) is 47.8 Å². The molecule has 0 aromatic carbocycles. The molecule has 0 heterocycles. The Morgan fingerprint density at radius 1 is 1.50 bits per heavy atom. The van der Waals surface area contributed by atoms with Crippen LogP contribution in [0.2, 0.25) is 0 Å². The van der Waals surface area contributed by atoms with Crippen LogP contribution in [-0.2, 0) is 0 Å². The van der Waals surface area contributed by atoms with E-state index in [1.807, 2.05) is 25.2 Å². The number of hydrogen-bond donors (Lipinski definition) is 1. The fraction of sp³-hybridized carbons (Fsp3) is 0.385. The lowest BCUT2D eigenvalue weighted by Crippen LogP contribution is -2.18. The molecule has 0 spiro atoms. The van der Waals surface area contributed by atoms with Crippen molar-refractivity contribution in [2.75, 3.05) is 0 Å². The molecule has 1 rings (SSSR count). The van der Waals surface area contributed by atoms with Gasteiger partial charge in [0.25, 0.3) is 0 Å².